The highest BCUT2D eigenvalue weighted by Crippen LogP contribution is 2.35. The van der Waals surface area contributed by atoms with Crippen LogP contribution in [0.15, 0.2) is 41.4 Å². The number of aromatic nitrogens is 1. The van der Waals surface area contributed by atoms with Gasteiger partial charge in [0, 0.05) is 17.7 Å². The molecule has 0 saturated heterocycles. The van der Waals surface area contributed by atoms with E-state index in [9.17, 15) is 14.0 Å². The molecule has 3 aromatic rings. The van der Waals surface area contributed by atoms with Gasteiger partial charge >= 0.3 is 5.97 Å². The summed E-state index contributed by atoms with van der Waals surface area (Å²) in [6, 6.07) is 8.66. The zero-order chi connectivity index (χ0) is 19.7. The van der Waals surface area contributed by atoms with Gasteiger partial charge in [0.15, 0.2) is 16.3 Å². The molecule has 2 aromatic carbocycles. The van der Waals surface area contributed by atoms with Crippen LogP contribution in [0.2, 0.25) is 0 Å². The summed E-state index contributed by atoms with van der Waals surface area (Å²) in [5.74, 6) is -0.300. The summed E-state index contributed by atoms with van der Waals surface area (Å²) in [5, 5.41) is 0. The summed E-state index contributed by atoms with van der Waals surface area (Å²) >= 11 is 1.23. The fraction of sp³-hybridized carbons (Fsp3) is 0.211. The Hall–Kier alpha value is -3.20. The first kappa shape index (κ1) is 18.2. The van der Waals surface area contributed by atoms with Crippen LogP contribution in [0.25, 0.3) is 10.2 Å². The highest BCUT2D eigenvalue weighted by molar-refractivity contribution is 7.16. The molecule has 0 bridgehead atoms. The number of ether oxygens (including phenoxy) is 3. The van der Waals surface area contributed by atoms with Crippen LogP contribution in [0.4, 0.5) is 4.39 Å². The highest BCUT2D eigenvalue weighted by atomic mass is 32.1. The van der Waals surface area contributed by atoms with Gasteiger partial charge in [-0.25, -0.2) is 4.39 Å². The first-order chi connectivity index (χ1) is 13.5. The molecule has 0 fully saturated rings. The zero-order valence-corrected chi connectivity index (χ0v) is 15.6. The number of rotatable bonds is 3. The van der Waals surface area contributed by atoms with Gasteiger partial charge in [0.1, 0.15) is 25.6 Å². The average molecular weight is 402 g/mol. The summed E-state index contributed by atoms with van der Waals surface area (Å²) in [7, 11) is 1.29. The smallest absolute Gasteiger partial charge is 0.325 e. The average Bonchev–Trinajstić information content (AvgIpc) is 3.02. The first-order valence-electron chi connectivity index (χ1n) is 8.39. The largest absolute Gasteiger partial charge is 0.486 e. The van der Waals surface area contributed by atoms with Crippen molar-refractivity contribution in [2.75, 3.05) is 20.3 Å². The predicted molar refractivity (Wildman–Crippen MR) is 99.1 cm³/mol. The van der Waals surface area contributed by atoms with Crippen molar-refractivity contribution >= 4 is 33.4 Å². The van der Waals surface area contributed by atoms with Crippen molar-refractivity contribution in [1.82, 2.24) is 4.57 Å². The third-order valence-electron chi connectivity index (χ3n) is 4.15. The lowest BCUT2D eigenvalue weighted by atomic mass is 10.2. The van der Waals surface area contributed by atoms with E-state index in [2.05, 4.69) is 4.99 Å². The minimum atomic E-state index is -0.539. The molecule has 2 heterocycles. The lowest BCUT2D eigenvalue weighted by molar-refractivity contribution is -0.141. The molecular formula is C19H15FN2O5S. The molecule has 7 nitrogen and oxygen atoms in total. The van der Waals surface area contributed by atoms with Crippen molar-refractivity contribution in [2.45, 2.75) is 6.54 Å². The number of methoxy groups -OCH3 is 1. The van der Waals surface area contributed by atoms with Crippen LogP contribution in [0.1, 0.15) is 10.4 Å². The maximum absolute atomic E-state index is 13.1. The molecule has 4 rings (SSSR count). The van der Waals surface area contributed by atoms with Gasteiger partial charge in [-0.3, -0.25) is 9.59 Å². The molecule has 0 atom stereocenters. The second-order valence-electron chi connectivity index (χ2n) is 5.93. The van der Waals surface area contributed by atoms with Crippen LogP contribution in [0, 0.1) is 5.82 Å². The molecule has 1 aliphatic rings. The van der Waals surface area contributed by atoms with E-state index < -0.39 is 17.7 Å². The zero-order valence-electron chi connectivity index (χ0n) is 14.8. The maximum Gasteiger partial charge on any atom is 0.325 e. The van der Waals surface area contributed by atoms with Crippen LogP contribution in [-0.2, 0) is 16.1 Å². The maximum atomic E-state index is 13.1. The van der Waals surface area contributed by atoms with E-state index in [4.69, 9.17) is 14.2 Å². The van der Waals surface area contributed by atoms with Crippen molar-refractivity contribution in [3.8, 4) is 11.5 Å². The predicted octanol–water partition coefficient (Wildman–Crippen LogP) is 2.53. The highest BCUT2D eigenvalue weighted by Gasteiger charge is 2.18. The van der Waals surface area contributed by atoms with E-state index in [1.165, 1.54) is 42.7 Å². The van der Waals surface area contributed by atoms with E-state index in [-0.39, 0.29) is 12.1 Å². The summed E-state index contributed by atoms with van der Waals surface area (Å²) < 4.78 is 31.4. The Bertz CT molecular complexity index is 1130. The molecule has 0 unspecified atom stereocenters. The molecule has 0 spiro atoms. The van der Waals surface area contributed by atoms with Gasteiger partial charge in [0.05, 0.1) is 17.3 Å². The van der Waals surface area contributed by atoms with Crippen molar-refractivity contribution in [2.24, 2.45) is 4.99 Å². The van der Waals surface area contributed by atoms with Gasteiger partial charge in [-0.2, -0.15) is 4.99 Å². The number of carbonyl (C=O) groups excluding carboxylic acids is 2. The number of esters is 1. The topological polar surface area (TPSA) is 79.1 Å². The van der Waals surface area contributed by atoms with E-state index in [0.717, 1.165) is 4.70 Å². The second kappa shape index (κ2) is 7.43. The van der Waals surface area contributed by atoms with Gasteiger partial charge in [0.25, 0.3) is 5.91 Å². The monoisotopic (exact) mass is 402 g/mol. The Labute approximate surface area is 162 Å². The second-order valence-corrected chi connectivity index (χ2v) is 6.94. The SMILES string of the molecule is COC(=O)Cn1c(=NC(=O)c2ccc(F)cc2)sc2cc3c(cc21)OCCO3. The lowest BCUT2D eigenvalue weighted by Crippen LogP contribution is -2.22. The molecule has 1 amide bonds. The standard InChI is InChI=1S/C19H15FN2O5S/c1-25-17(23)10-22-13-8-14-15(27-7-6-26-14)9-16(13)28-19(22)21-18(24)11-2-4-12(20)5-3-11/h2-5,8-9H,6-7,10H2,1H3. The molecule has 0 saturated carbocycles. The number of benzene rings is 2. The van der Waals surface area contributed by atoms with Gasteiger partial charge in [-0.05, 0) is 24.3 Å². The molecule has 1 aliphatic heterocycles. The lowest BCUT2D eigenvalue weighted by Gasteiger charge is -2.18. The molecule has 0 radical (unpaired) electrons. The molecule has 0 N–H and O–H groups in total. The fourth-order valence-electron chi connectivity index (χ4n) is 2.78. The van der Waals surface area contributed by atoms with Gasteiger partial charge < -0.3 is 18.8 Å². The Balaban J connectivity index is 1.85. The molecule has 9 heteroatoms. The normalized spacial score (nSPS) is 13.6. The molecule has 28 heavy (non-hydrogen) atoms. The van der Waals surface area contributed by atoms with Crippen LogP contribution >= 0.6 is 11.3 Å². The van der Waals surface area contributed by atoms with Crippen LogP contribution in [0.3, 0.4) is 0 Å². The minimum Gasteiger partial charge on any atom is -0.486 e. The van der Waals surface area contributed by atoms with E-state index in [1.807, 2.05) is 0 Å². The molecule has 144 valence electrons. The van der Waals surface area contributed by atoms with Gasteiger partial charge in [-0.15, -0.1) is 0 Å². The number of halogens is 1. The Morgan fingerprint density at radius 3 is 2.54 bits per heavy atom. The van der Waals surface area contributed by atoms with Crippen LogP contribution in [0.5, 0.6) is 11.5 Å². The number of carbonyl (C=O) groups is 2. The number of fused-ring (bicyclic) bond motifs is 2. The summed E-state index contributed by atoms with van der Waals surface area (Å²) in [6.07, 6.45) is 0. The van der Waals surface area contributed by atoms with Crippen molar-refractivity contribution in [3.05, 3.63) is 52.6 Å². The van der Waals surface area contributed by atoms with Crippen LogP contribution < -0.4 is 14.3 Å². The number of thiazole rings is 1. The quantitative estimate of drug-likeness (QED) is 0.629. The molecule has 0 aliphatic carbocycles. The number of hydrogen-bond donors (Lipinski definition) is 0. The van der Waals surface area contributed by atoms with E-state index in [0.29, 0.717) is 35.0 Å². The van der Waals surface area contributed by atoms with E-state index in [1.54, 1.807) is 16.7 Å². The number of hydrogen-bond acceptors (Lipinski definition) is 6. The van der Waals surface area contributed by atoms with Crippen molar-refractivity contribution in [3.63, 3.8) is 0 Å². The van der Waals surface area contributed by atoms with Gasteiger partial charge in [-0.1, -0.05) is 11.3 Å². The Morgan fingerprint density at radius 1 is 1.18 bits per heavy atom. The number of nitrogens with zero attached hydrogens (tertiary/aromatic N) is 2. The molecular weight excluding hydrogens is 387 g/mol. The van der Waals surface area contributed by atoms with E-state index >= 15 is 0 Å². The van der Waals surface area contributed by atoms with Crippen molar-refractivity contribution < 1.29 is 28.2 Å². The minimum absolute atomic E-state index is 0.119. The Morgan fingerprint density at radius 2 is 1.86 bits per heavy atom. The fourth-order valence-corrected chi connectivity index (χ4v) is 3.82. The summed E-state index contributed by atoms with van der Waals surface area (Å²) in [5.41, 5.74) is 0.916. The van der Waals surface area contributed by atoms with Crippen LogP contribution in [-0.4, -0.2) is 36.8 Å². The Kier molecular flexibility index (Phi) is 4.82. The third-order valence-corrected chi connectivity index (χ3v) is 5.19. The summed E-state index contributed by atoms with van der Waals surface area (Å²) in [6.45, 7) is 0.762. The third kappa shape index (κ3) is 3.48. The number of amides is 1. The first-order valence-corrected chi connectivity index (χ1v) is 9.21. The van der Waals surface area contributed by atoms with Gasteiger partial charge in [0.2, 0.25) is 0 Å². The summed E-state index contributed by atoms with van der Waals surface area (Å²) in [4.78, 5) is 28.9. The molecule has 1 aromatic heterocycles. The van der Waals surface area contributed by atoms with Crippen molar-refractivity contribution in [1.29, 1.82) is 0 Å².